The molecule has 1 N–H and O–H groups in total. The Balaban J connectivity index is 1.50. The van der Waals surface area contributed by atoms with Crippen LogP contribution in [0.4, 0.5) is 0 Å². The molecule has 2 aliphatic rings. The van der Waals surface area contributed by atoms with Gasteiger partial charge in [0.05, 0.1) is 5.75 Å². The topological polar surface area (TPSA) is 59.8 Å². The molecule has 3 rings (SSSR count). The van der Waals surface area contributed by atoms with Gasteiger partial charge in [-0.3, -0.25) is 4.79 Å². The van der Waals surface area contributed by atoms with Crippen LogP contribution in [0.2, 0.25) is 0 Å². The van der Waals surface area contributed by atoms with Crippen molar-refractivity contribution in [1.82, 2.24) is 20.1 Å². The number of carbonyl (C=O) groups is 1. The van der Waals surface area contributed by atoms with Crippen LogP contribution in [0.3, 0.4) is 0 Å². The summed E-state index contributed by atoms with van der Waals surface area (Å²) in [7, 11) is 0. The second-order valence-electron chi connectivity index (χ2n) is 6.53. The van der Waals surface area contributed by atoms with E-state index in [2.05, 4.69) is 33.9 Å². The number of fused-ring (bicyclic) bond motifs is 2. The predicted octanol–water partition coefficient (Wildman–Crippen LogP) is 2.65. The van der Waals surface area contributed by atoms with Gasteiger partial charge >= 0.3 is 0 Å². The van der Waals surface area contributed by atoms with Gasteiger partial charge in [0.2, 0.25) is 5.91 Å². The second-order valence-corrected chi connectivity index (χ2v) is 7.47. The number of rotatable bonds is 7. The summed E-state index contributed by atoms with van der Waals surface area (Å²) in [5.74, 6) is 3.21. The van der Waals surface area contributed by atoms with Crippen LogP contribution in [0.15, 0.2) is 5.16 Å². The number of aromatic nitrogens is 3. The number of amides is 1. The van der Waals surface area contributed by atoms with E-state index in [1.54, 1.807) is 0 Å². The maximum absolute atomic E-state index is 12.2. The Morgan fingerprint density at radius 3 is 2.82 bits per heavy atom. The zero-order chi connectivity index (χ0) is 15.5. The van der Waals surface area contributed by atoms with E-state index in [0.29, 0.717) is 11.8 Å². The molecule has 2 fully saturated rings. The van der Waals surface area contributed by atoms with Crippen LogP contribution in [0, 0.1) is 11.8 Å². The first-order valence-electron chi connectivity index (χ1n) is 8.55. The van der Waals surface area contributed by atoms with E-state index >= 15 is 0 Å². The largest absolute Gasteiger partial charge is 0.352 e. The van der Waals surface area contributed by atoms with Gasteiger partial charge in [-0.2, -0.15) is 0 Å². The molecule has 0 radical (unpaired) electrons. The Morgan fingerprint density at radius 1 is 1.32 bits per heavy atom. The lowest BCUT2D eigenvalue weighted by Gasteiger charge is -2.22. The molecule has 1 aromatic rings. The minimum Gasteiger partial charge on any atom is -0.352 e. The molecule has 22 heavy (non-hydrogen) atoms. The van der Waals surface area contributed by atoms with Crippen LogP contribution in [-0.4, -0.2) is 32.5 Å². The lowest BCUT2D eigenvalue weighted by molar-refractivity contribution is -0.119. The minimum absolute atomic E-state index is 0.144. The highest BCUT2D eigenvalue weighted by molar-refractivity contribution is 7.99. The smallest absolute Gasteiger partial charge is 0.230 e. The molecule has 1 heterocycles. The van der Waals surface area contributed by atoms with Gasteiger partial charge in [-0.1, -0.05) is 25.1 Å². The highest BCUT2D eigenvalue weighted by Gasteiger charge is 2.40. The van der Waals surface area contributed by atoms with Crippen LogP contribution in [-0.2, 0) is 17.8 Å². The summed E-state index contributed by atoms with van der Waals surface area (Å²) in [4.78, 5) is 12.2. The quantitative estimate of drug-likeness (QED) is 0.784. The van der Waals surface area contributed by atoms with Gasteiger partial charge in [0.1, 0.15) is 5.82 Å². The third-order valence-electron chi connectivity index (χ3n) is 5.00. The fraction of sp³-hybridized carbons (Fsp3) is 0.812. The van der Waals surface area contributed by atoms with E-state index in [-0.39, 0.29) is 5.91 Å². The van der Waals surface area contributed by atoms with E-state index in [4.69, 9.17) is 0 Å². The lowest BCUT2D eigenvalue weighted by atomic mass is 9.95. The van der Waals surface area contributed by atoms with Crippen molar-refractivity contribution in [3.05, 3.63) is 5.82 Å². The first-order valence-corrected chi connectivity index (χ1v) is 9.54. The minimum atomic E-state index is 0.144. The number of aryl methyl sites for hydroxylation is 1. The average molecular weight is 322 g/mol. The summed E-state index contributed by atoms with van der Waals surface area (Å²) in [5.41, 5.74) is 0. The number of nitrogens with one attached hydrogen (secondary N) is 1. The van der Waals surface area contributed by atoms with E-state index in [1.807, 2.05) is 0 Å². The van der Waals surface area contributed by atoms with Crippen LogP contribution in [0.25, 0.3) is 0 Å². The zero-order valence-electron chi connectivity index (χ0n) is 13.5. The Hall–Kier alpha value is -1.04. The standard InChI is InChI=1S/C16H26N4OS/c1-3-5-14-18-19-16(20(14)4-2)22-10-15(21)17-13-9-11-6-7-12(13)8-11/h11-13H,3-10H2,1-2H3,(H,17,21)/t11-,12-,13-/m0/s1. The van der Waals surface area contributed by atoms with E-state index in [9.17, 15) is 4.79 Å². The van der Waals surface area contributed by atoms with Crippen molar-refractivity contribution in [1.29, 1.82) is 0 Å². The van der Waals surface area contributed by atoms with Crippen molar-refractivity contribution in [2.75, 3.05) is 5.75 Å². The second kappa shape index (κ2) is 7.02. The molecule has 1 aromatic heterocycles. The molecule has 6 heteroatoms. The molecule has 122 valence electrons. The zero-order valence-corrected chi connectivity index (χ0v) is 14.4. The lowest BCUT2D eigenvalue weighted by Crippen LogP contribution is -2.39. The molecule has 1 amide bonds. The van der Waals surface area contributed by atoms with Crippen LogP contribution in [0.5, 0.6) is 0 Å². The molecule has 0 saturated heterocycles. The van der Waals surface area contributed by atoms with Gasteiger partial charge in [-0.05, 0) is 44.4 Å². The monoisotopic (exact) mass is 322 g/mol. The van der Waals surface area contributed by atoms with E-state index in [1.165, 1.54) is 37.4 Å². The summed E-state index contributed by atoms with van der Waals surface area (Å²) >= 11 is 1.51. The van der Waals surface area contributed by atoms with E-state index in [0.717, 1.165) is 42.2 Å². The van der Waals surface area contributed by atoms with Gasteiger partial charge in [0, 0.05) is 19.0 Å². The van der Waals surface area contributed by atoms with Gasteiger partial charge in [0.15, 0.2) is 5.16 Å². The SMILES string of the molecule is CCCc1nnc(SCC(=O)N[C@H]2C[C@H]3CC[C@H]2C3)n1CC. The average Bonchev–Trinajstić information content (AvgIpc) is 3.20. The third-order valence-corrected chi connectivity index (χ3v) is 5.97. The fourth-order valence-electron chi connectivity index (χ4n) is 3.95. The van der Waals surface area contributed by atoms with Gasteiger partial charge in [-0.25, -0.2) is 0 Å². The highest BCUT2D eigenvalue weighted by Crippen LogP contribution is 2.44. The van der Waals surface area contributed by atoms with Crippen molar-refractivity contribution >= 4 is 17.7 Å². The van der Waals surface area contributed by atoms with Gasteiger partial charge in [0.25, 0.3) is 0 Å². The molecule has 2 bridgehead atoms. The van der Waals surface area contributed by atoms with Crippen LogP contribution < -0.4 is 5.32 Å². The highest BCUT2D eigenvalue weighted by atomic mass is 32.2. The third kappa shape index (κ3) is 3.31. The number of carbonyl (C=O) groups excluding carboxylic acids is 1. The first-order chi connectivity index (χ1) is 10.7. The Morgan fingerprint density at radius 2 is 2.18 bits per heavy atom. The maximum Gasteiger partial charge on any atom is 0.230 e. The van der Waals surface area contributed by atoms with E-state index < -0.39 is 0 Å². The summed E-state index contributed by atoms with van der Waals surface area (Å²) in [6, 6.07) is 0.423. The Labute approximate surface area is 136 Å². The maximum atomic E-state index is 12.2. The molecule has 5 nitrogen and oxygen atoms in total. The Bertz CT molecular complexity index is 530. The number of thioether (sulfide) groups is 1. The van der Waals surface area contributed by atoms with Gasteiger partial charge in [-0.15, -0.1) is 10.2 Å². The van der Waals surface area contributed by atoms with Crippen LogP contribution in [0.1, 0.15) is 51.8 Å². The van der Waals surface area contributed by atoms with Crippen molar-refractivity contribution in [3.8, 4) is 0 Å². The summed E-state index contributed by atoms with van der Waals surface area (Å²) in [6.07, 6.45) is 7.18. The van der Waals surface area contributed by atoms with Crippen LogP contribution >= 0.6 is 11.8 Å². The van der Waals surface area contributed by atoms with Crippen molar-refractivity contribution in [2.45, 2.75) is 70.1 Å². The van der Waals surface area contributed by atoms with Crippen molar-refractivity contribution in [2.24, 2.45) is 11.8 Å². The predicted molar refractivity (Wildman–Crippen MR) is 87.8 cm³/mol. The molecule has 2 aliphatic carbocycles. The first kappa shape index (κ1) is 15.8. The molecule has 2 saturated carbocycles. The summed E-state index contributed by atoms with van der Waals surface area (Å²) in [6.45, 7) is 5.10. The van der Waals surface area contributed by atoms with Crippen molar-refractivity contribution in [3.63, 3.8) is 0 Å². The molecule has 3 atom stereocenters. The van der Waals surface area contributed by atoms with Crippen molar-refractivity contribution < 1.29 is 4.79 Å². The molecule has 0 spiro atoms. The normalized spacial score (nSPS) is 26.5. The molecule has 0 aliphatic heterocycles. The summed E-state index contributed by atoms with van der Waals surface area (Å²) < 4.78 is 2.12. The molecular weight excluding hydrogens is 296 g/mol. The Kier molecular flexibility index (Phi) is 5.06. The summed E-state index contributed by atoms with van der Waals surface area (Å²) in [5, 5.41) is 12.6. The fourth-order valence-corrected chi connectivity index (χ4v) is 4.78. The number of hydrogen-bond acceptors (Lipinski definition) is 4. The number of nitrogens with zero attached hydrogens (tertiary/aromatic N) is 3. The molecular formula is C16H26N4OS. The van der Waals surface area contributed by atoms with Gasteiger partial charge < -0.3 is 9.88 Å². The number of hydrogen-bond donors (Lipinski definition) is 1. The molecule has 0 aromatic carbocycles. The molecule has 0 unspecified atom stereocenters.